The SMILES string of the molecule is CN=C(NCC1CCCOC1c1ccccc1)NCC(CC(C)C)N1CCOCC1.I. The second-order valence-corrected chi connectivity index (χ2v) is 8.87. The average Bonchev–Trinajstić information content (AvgIpc) is 2.79. The highest BCUT2D eigenvalue weighted by Crippen LogP contribution is 2.33. The fourth-order valence-electron chi connectivity index (χ4n) is 4.57. The quantitative estimate of drug-likeness (QED) is 0.297. The van der Waals surface area contributed by atoms with E-state index in [9.17, 15) is 0 Å². The molecule has 7 heteroatoms. The van der Waals surface area contributed by atoms with E-state index in [4.69, 9.17) is 9.47 Å². The Bertz CT molecular complexity index is 638. The number of morpholine rings is 1. The highest BCUT2D eigenvalue weighted by Gasteiger charge is 2.28. The summed E-state index contributed by atoms with van der Waals surface area (Å²) in [5.41, 5.74) is 1.27. The van der Waals surface area contributed by atoms with Crippen molar-refractivity contribution in [1.82, 2.24) is 15.5 Å². The molecule has 176 valence electrons. The van der Waals surface area contributed by atoms with Crippen LogP contribution in [0.5, 0.6) is 0 Å². The molecule has 3 rings (SSSR count). The fourth-order valence-corrected chi connectivity index (χ4v) is 4.57. The first-order valence-corrected chi connectivity index (χ1v) is 11.6. The number of ether oxygens (including phenoxy) is 2. The number of halogens is 1. The first kappa shape index (κ1) is 26.4. The van der Waals surface area contributed by atoms with Crippen molar-refractivity contribution in [3.63, 3.8) is 0 Å². The summed E-state index contributed by atoms with van der Waals surface area (Å²) in [5, 5.41) is 7.15. The molecule has 0 spiro atoms. The predicted molar refractivity (Wildman–Crippen MR) is 138 cm³/mol. The number of rotatable bonds is 8. The number of aliphatic imine (C=N–C) groups is 1. The maximum Gasteiger partial charge on any atom is 0.191 e. The first-order chi connectivity index (χ1) is 14.7. The summed E-state index contributed by atoms with van der Waals surface area (Å²) >= 11 is 0. The molecule has 3 unspecified atom stereocenters. The number of nitrogens with one attached hydrogen (secondary N) is 2. The molecule has 0 bridgehead atoms. The number of nitrogens with zero attached hydrogens (tertiary/aromatic N) is 2. The van der Waals surface area contributed by atoms with E-state index in [1.54, 1.807) is 0 Å². The Morgan fingerprint density at radius 3 is 2.55 bits per heavy atom. The minimum absolute atomic E-state index is 0. The molecule has 0 amide bonds. The van der Waals surface area contributed by atoms with Crippen LogP contribution in [0.25, 0.3) is 0 Å². The van der Waals surface area contributed by atoms with E-state index in [2.05, 4.69) is 64.7 Å². The van der Waals surface area contributed by atoms with Gasteiger partial charge in [-0.05, 0) is 30.7 Å². The fraction of sp³-hybridized carbons (Fsp3) is 0.708. The van der Waals surface area contributed by atoms with Crippen LogP contribution < -0.4 is 10.6 Å². The molecule has 2 aliphatic heterocycles. The van der Waals surface area contributed by atoms with Crippen LogP contribution in [0.2, 0.25) is 0 Å². The molecule has 2 fully saturated rings. The molecule has 2 aliphatic rings. The lowest BCUT2D eigenvalue weighted by molar-refractivity contribution is -0.0265. The van der Waals surface area contributed by atoms with Crippen LogP contribution in [0.15, 0.2) is 35.3 Å². The maximum atomic E-state index is 6.15. The maximum absolute atomic E-state index is 6.15. The minimum Gasteiger partial charge on any atom is -0.379 e. The van der Waals surface area contributed by atoms with Crippen LogP contribution >= 0.6 is 24.0 Å². The van der Waals surface area contributed by atoms with Gasteiger partial charge < -0.3 is 20.1 Å². The highest BCUT2D eigenvalue weighted by molar-refractivity contribution is 14.0. The van der Waals surface area contributed by atoms with Crippen molar-refractivity contribution in [3.8, 4) is 0 Å². The van der Waals surface area contributed by atoms with Crippen LogP contribution in [-0.4, -0.2) is 69.9 Å². The van der Waals surface area contributed by atoms with Crippen LogP contribution in [-0.2, 0) is 9.47 Å². The van der Waals surface area contributed by atoms with E-state index in [0.29, 0.717) is 17.9 Å². The number of hydrogen-bond acceptors (Lipinski definition) is 4. The van der Waals surface area contributed by atoms with Crippen molar-refractivity contribution in [2.45, 2.75) is 45.3 Å². The van der Waals surface area contributed by atoms with Gasteiger partial charge in [0.2, 0.25) is 0 Å². The zero-order valence-electron chi connectivity index (χ0n) is 19.4. The Morgan fingerprint density at radius 2 is 1.87 bits per heavy atom. The third-order valence-corrected chi connectivity index (χ3v) is 6.14. The van der Waals surface area contributed by atoms with Gasteiger partial charge in [-0.15, -0.1) is 24.0 Å². The second-order valence-electron chi connectivity index (χ2n) is 8.87. The Morgan fingerprint density at radius 1 is 1.13 bits per heavy atom. The third-order valence-electron chi connectivity index (χ3n) is 6.14. The van der Waals surface area contributed by atoms with Gasteiger partial charge in [-0.2, -0.15) is 0 Å². The molecular formula is C24H41IN4O2. The van der Waals surface area contributed by atoms with Crippen molar-refractivity contribution >= 4 is 29.9 Å². The molecular weight excluding hydrogens is 503 g/mol. The van der Waals surface area contributed by atoms with Crippen molar-refractivity contribution < 1.29 is 9.47 Å². The van der Waals surface area contributed by atoms with Crippen molar-refractivity contribution in [1.29, 1.82) is 0 Å². The van der Waals surface area contributed by atoms with Gasteiger partial charge in [-0.3, -0.25) is 9.89 Å². The zero-order valence-corrected chi connectivity index (χ0v) is 21.7. The monoisotopic (exact) mass is 544 g/mol. The molecule has 2 saturated heterocycles. The van der Waals surface area contributed by atoms with Crippen molar-refractivity contribution in [3.05, 3.63) is 35.9 Å². The third kappa shape index (κ3) is 8.51. The minimum atomic E-state index is 0. The Labute approximate surface area is 205 Å². The number of benzene rings is 1. The van der Waals surface area contributed by atoms with E-state index in [1.165, 1.54) is 18.4 Å². The van der Waals surface area contributed by atoms with E-state index in [1.807, 2.05) is 7.05 Å². The molecule has 0 radical (unpaired) electrons. The number of hydrogen-bond donors (Lipinski definition) is 2. The summed E-state index contributed by atoms with van der Waals surface area (Å²) in [6, 6.07) is 11.1. The van der Waals surface area contributed by atoms with E-state index in [0.717, 1.165) is 58.4 Å². The molecule has 31 heavy (non-hydrogen) atoms. The Kier molecular flexibility index (Phi) is 12.1. The standard InChI is InChI=1S/C24H40N4O2.HI/c1-19(2)16-22(28-11-14-29-15-12-28)18-27-24(25-3)26-17-21-10-7-13-30-23(21)20-8-5-4-6-9-20;/h4-6,8-9,19,21-23H,7,10-18H2,1-3H3,(H2,25,26,27);1H. The lowest BCUT2D eigenvalue weighted by Crippen LogP contribution is -2.51. The highest BCUT2D eigenvalue weighted by atomic mass is 127. The van der Waals surface area contributed by atoms with Gasteiger partial charge in [0.1, 0.15) is 0 Å². The van der Waals surface area contributed by atoms with Crippen molar-refractivity contribution in [2.24, 2.45) is 16.8 Å². The van der Waals surface area contributed by atoms with E-state index in [-0.39, 0.29) is 30.1 Å². The molecule has 0 aromatic heterocycles. The van der Waals surface area contributed by atoms with Crippen LogP contribution in [0.1, 0.15) is 44.8 Å². The summed E-state index contributed by atoms with van der Waals surface area (Å²) in [5.74, 6) is 2.00. The summed E-state index contributed by atoms with van der Waals surface area (Å²) in [6.45, 7) is 10.9. The largest absolute Gasteiger partial charge is 0.379 e. The molecule has 6 nitrogen and oxygen atoms in total. The Balaban J connectivity index is 0.00000341. The van der Waals surface area contributed by atoms with Crippen molar-refractivity contribution in [2.75, 3.05) is 53.0 Å². The van der Waals surface area contributed by atoms with Gasteiger partial charge in [0.25, 0.3) is 0 Å². The molecule has 2 heterocycles. The van der Waals surface area contributed by atoms with Gasteiger partial charge in [0, 0.05) is 51.8 Å². The van der Waals surface area contributed by atoms with Gasteiger partial charge in [0.05, 0.1) is 19.3 Å². The topological polar surface area (TPSA) is 58.1 Å². The summed E-state index contributed by atoms with van der Waals surface area (Å²) < 4.78 is 11.7. The van der Waals surface area contributed by atoms with Crippen LogP contribution in [0.3, 0.4) is 0 Å². The average molecular weight is 545 g/mol. The van der Waals surface area contributed by atoms with Gasteiger partial charge in [-0.25, -0.2) is 0 Å². The van der Waals surface area contributed by atoms with E-state index >= 15 is 0 Å². The lowest BCUT2D eigenvalue weighted by atomic mass is 9.89. The predicted octanol–water partition coefficient (Wildman–Crippen LogP) is 3.68. The summed E-state index contributed by atoms with van der Waals surface area (Å²) in [4.78, 5) is 7.04. The molecule has 2 N–H and O–H groups in total. The summed E-state index contributed by atoms with van der Waals surface area (Å²) in [7, 11) is 1.85. The molecule has 3 atom stereocenters. The van der Waals surface area contributed by atoms with Gasteiger partial charge in [-0.1, -0.05) is 44.2 Å². The van der Waals surface area contributed by atoms with Gasteiger partial charge in [0.15, 0.2) is 5.96 Å². The first-order valence-electron chi connectivity index (χ1n) is 11.6. The molecule has 1 aromatic rings. The molecule has 1 aromatic carbocycles. The lowest BCUT2D eigenvalue weighted by Gasteiger charge is -2.36. The Hall–Kier alpha value is -0.900. The zero-order chi connectivity index (χ0) is 21.2. The summed E-state index contributed by atoms with van der Waals surface area (Å²) in [6.07, 6.45) is 3.63. The van der Waals surface area contributed by atoms with Gasteiger partial charge >= 0.3 is 0 Å². The van der Waals surface area contributed by atoms with E-state index < -0.39 is 0 Å². The smallest absolute Gasteiger partial charge is 0.191 e. The second kappa shape index (κ2) is 14.3. The van der Waals surface area contributed by atoms with Crippen LogP contribution in [0, 0.1) is 11.8 Å². The molecule has 0 saturated carbocycles. The van der Waals surface area contributed by atoms with Crippen LogP contribution in [0.4, 0.5) is 0 Å². The molecule has 0 aliphatic carbocycles. The number of guanidine groups is 1. The normalized spacial score (nSPS) is 23.8.